The van der Waals surface area contributed by atoms with Crippen molar-refractivity contribution in [3.05, 3.63) is 83.6 Å². The van der Waals surface area contributed by atoms with Crippen LogP contribution in [0, 0.1) is 12.7 Å². The largest absolute Gasteiger partial charge is 0.464 e. The van der Waals surface area contributed by atoms with Gasteiger partial charge in [-0.1, -0.05) is 31.4 Å². The summed E-state index contributed by atoms with van der Waals surface area (Å²) in [5.41, 5.74) is 0.894. The predicted octanol–water partition coefficient (Wildman–Crippen LogP) is 4.84. The van der Waals surface area contributed by atoms with E-state index in [-0.39, 0.29) is 23.3 Å². The maximum atomic E-state index is 13.9. The molecule has 0 unspecified atom stereocenters. The Morgan fingerprint density at radius 2 is 1.71 bits per heavy atom. The van der Waals surface area contributed by atoms with Crippen molar-refractivity contribution in [3.63, 3.8) is 0 Å². The molecule has 3 aromatic rings. The average Bonchev–Trinajstić information content (AvgIpc) is 3.38. The number of nitrogens with one attached hydrogen (secondary N) is 2. The molecule has 4 rings (SSSR count). The molecule has 3 amide bonds. The molecule has 2 aromatic carbocycles. The van der Waals surface area contributed by atoms with Gasteiger partial charge in [0.15, 0.2) is 11.8 Å². The maximum Gasteiger partial charge on any atom is 0.251 e. The third-order valence-electron chi connectivity index (χ3n) is 6.99. The van der Waals surface area contributed by atoms with E-state index >= 15 is 0 Å². The number of rotatable bonds is 11. The van der Waals surface area contributed by atoms with Crippen LogP contribution in [0.15, 0.2) is 65.1 Å². The third-order valence-corrected chi connectivity index (χ3v) is 8.15. The van der Waals surface area contributed by atoms with Crippen LogP contribution in [0.4, 0.5) is 15.8 Å². The first kappa shape index (κ1) is 30.8. The first-order valence-electron chi connectivity index (χ1n) is 13.8. The maximum absolute atomic E-state index is 13.9. The lowest BCUT2D eigenvalue weighted by molar-refractivity contribution is -0.127. The Bertz CT molecular complexity index is 1470. The van der Waals surface area contributed by atoms with Crippen LogP contribution < -0.4 is 15.5 Å². The number of aryl methyl sites for hydroxylation is 1. The average molecular weight is 596 g/mol. The summed E-state index contributed by atoms with van der Waals surface area (Å²) in [7, 11) is -1.96. The zero-order chi connectivity index (χ0) is 30.2. The highest BCUT2D eigenvalue weighted by Gasteiger charge is 2.37. The number of amides is 3. The van der Waals surface area contributed by atoms with Crippen molar-refractivity contribution in [3.8, 4) is 0 Å². The fourth-order valence-corrected chi connectivity index (χ4v) is 5.83. The second kappa shape index (κ2) is 14.2. The first-order valence-corrected chi connectivity index (χ1v) is 15.3. The Balaban J connectivity index is 1.62. The number of anilines is 2. The molecule has 1 aromatic heterocycles. The van der Waals surface area contributed by atoms with Gasteiger partial charge in [0.05, 0.1) is 0 Å². The van der Waals surface area contributed by atoms with E-state index in [0.29, 0.717) is 17.0 Å². The molecular formula is C31H34FN3O6S. The zero-order valence-electron chi connectivity index (χ0n) is 23.6. The summed E-state index contributed by atoms with van der Waals surface area (Å²) in [6.07, 6.45) is 4.69. The van der Waals surface area contributed by atoms with Gasteiger partial charge in [-0.15, -0.1) is 0 Å². The molecule has 0 saturated heterocycles. The summed E-state index contributed by atoms with van der Waals surface area (Å²) in [6, 6.07) is 13.4. The Labute approximate surface area is 246 Å². The fourth-order valence-electron chi connectivity index (χ4n) is 4.95. The van der Waals surface area contributed by atoms with Crippen molar-refractivity contribution in [2.75, 3.05) is 21.7 Å². The molecular weight excluding hydrogens is 561 g/mol. The number of hydrogen-bond acceptors (Lipinski definition) is 6. The molecule has 1 aliphatic carbocycles. The Morgan fingerprint density at radius 1 is 1.00 bits per heavy atom. The quantitative estimate of drug-likeness (QED) is 0.306. The fraction of sp³-hybridized carbons (Fsp3) is 0.355. The molecule has 0 aliphatic heterocycles. The van der Waals surface area contributed by atoms with Crippen LogP contribution in [0.5, 0.6) is 0 Å². The minimum Gasteiger partial charge on any atom is -0.464 e. The lowest BCUT2D eigenvalue weighted by Gasteiger charge is -2.32. The monoisotopic (exact) mass is 595 g/mol. The Hall–Kier alpha value is -4.12. The van der Waals surface area contributed by atoms with Gasteiger partial charge in [-0.05, 0) is 75.2 Å². The molecule has 2 N–H and O–H groups in total. The van der Waals surface area contributed by atoms with Crippen molar-refractivity contribution < 1.29 is 32.2 Å². The topological polar surface area (TPSA) is 126 Å². The molecule has 1 aliphatic rings. The van der Waals surface area contributed by atoms with E-state index in [0.717, 1.165) is 32.1 Å². The van der Waals surface area contributed by atoms with Gasteiger partial charge in [0.25, 0.3) is 5.91 Å². The van der Waals surface area contributed by atoms with Gasteiger partial charge in [-0.3, -0.25) is 28.3 Å². The Kier molecular flexibility index (Phi) is 10.4. The number of halogens is 1. The standard InChI is InChI=1S/C31H34FN3O6S/c1-20-11-16-27(41-20)30(31(39)34-24-8-4-3-5-9-24)35(26-10-6-7-22(17-26)21(2)36)29(38)19-42(40)18-28(37)33-25-14-12-23(32)13-15-25/h6-7,10-17,24,30H,3-5,8-9,18-19H2,1-2H3,(H,33,37)(H,34,39)/t30-,42-/m0/s1. The minimum absolute atomic E-state index is 0.0606. The number of benzene rings is 2. The molecule has 11 heteroatoms. The molecule has 222 valence electrons. The van der Waals surface area contributed by atoms with Gasteiger partial charge in [0.1, 0.15) is 28.8 Å². The van der Waals surface area contributed by atoms with Gasteiger partial charge in [-0.2, -0.15) is 0 Å². The molecule has 0 spiro atoms. The summed E-state index contributed by atoms with van der Waals surface area (Å²) in [6.45, 7) is 3.11. The predicted molar refractivity (Wildman–Crippen MR) is 158 cm³/mol. The van der Waals surface area contributed by atoms with Crippen molar-refractivity contribution in [1.29, 1.82) is 0 Å². The van der Waals surface area contributed by atoms with Crippen molar-refractivity contribution in [2.24, 2.45) is 0 Å². The SMILES string of the molecule is CC(=O)c1cccc(N(C(=O)C[S@@](=O)CC(=O)Nc2ccc(F)cc2)[C@H](C(=O)NC2CCCCC2)c2ccc(C)o2)c1. The molecule has 9 nitrogen and oxygen atoms in total. The van der Waals surface area contributed by atoms with E-state index in [4.69, 9.17) is 4.42 Å². The number of carbonyl (C=O) groups is 4. The number of hydrogen-bond donors (Lipinski definition) is 2. The van der Waals surface area contributed by atoms with Crippen LogP contribution in [0.25, 0.3) is 0 Å². The van der Waals surface area contributed by atoms with E-state index in [1.165, 1.54) is 42.2 Å². The minimum atomic E-state index is -1.96. The molecule has 1 heterocycles. The smallest absolute Gasteiger partial charge is 0.251 e. The number of nitrogens with zero attached hydrogens (tertiary/aromatic N) is 1. The van der Waals surface area contributed by atoms with Crippen molar-refractivity contribution in [1.82, 2.24) is 5.32 Å². The summed E-state index contributed by atoms with van der Waals surface area (Å²) >= 11 is 0. The lowest BCUT2D eigenvalue weighted by Crippen LogP contribution is -2.48. The van der Waals surface area contributed by atoms with Crippen LogP contribution in [0.3, 0.4) is 0 Å². The summed E-state index contributed by atoms with van der Waals surface area (Å²) in [4.78, 5) is 53.6. The highest BCUT2D eigenvalue weighted by Crippen LogP contribution is 2.31. The van der Waals surface area contributed by atoms with Crippen molar-refractivity contribution in [2.45, 2.75) is 58.0 Å². The van der Waals surface area contributed by atoms with Crippen LogP contribution >= 0.6 is 0 Å². The molecule has 0 bridgehead atoms. The zero-order valence-corrected chi connectivity index (χ0v) is 24.4. The molecule has 1 saturated carbocycles. The molecule has 42 heavy (non-hydrogen) atoms. The van der Waals surface area contributed by atoms with Gasteiger partial charge < -0.3 is 15.1 Å². The van der Waals surface area contributed by atoms with E-state index in [1.807, 2.05) is 0 Å². The second-order valence-electron chi connectivity index (χ2n) is 10.3. The molecule has 0 radical (unpaired) electrons. The van der Waals surface area contributed by atoms with Gasteiger partial charge in [0.2, 0.25) is 11.8 Å². The number of Topliss-reactive ketones (excluding diaryl/α,β-unsaturated/α-hetero) is 1. The van der Waals surface area contributed by atoms with E-state index in [9.17, 15) is 27.8 Å². The van der Waals surface area contributed by atoms with Crippen LogP contribution in [-0.2, 0) is 25.2 Å². The molecule has 2 atom stereocenters. The normalized spacial score (nSPS) is 14.9. The van der Waals surface area contributed by atoms with E-state index in [1.54, 1.807) is 37.3 Å². The van der Waals surface area contributed by atoms with Gasteiger partial charge >= 0.3 is 0 Å². The second-order valence-corrected chi connectivity index (χ2v) is 11.8. The summed E-state index contributed by atoms with van der Waals surface area (Å²) in [5, 5.41) is 5.59. The van der Waals surface area contributed by atoms with Crippen molar-refractivity contribution >= 4 is 45.7 Å². The number of carbonyl (C=O) groups excluding carboxylic acids is 4. The highest BCUT2D eigenvalue weighted by atomic mass is 32.2. The first-order chi connectivity index (χ1) is 20.1. The summed E-state index contributed by atoms with van der Waals surface area (Å²) in [5.74, 6) is -2.80. The van der Waals surface area contributed by atoms with Crippen LogP contribution in [-0.4, -0.2) is 45.3 Å². The number of furan rings is 1. The highest BCUT2D eigenvalue weighted by molar-refractivity contribution is 7.86. The van der Waals surface area contributed by atoms with Crippen LogP contribution in [0.2, 0.25) is 0 Å². The molecule has 1 fully saturated rings. The number of ketones is 1. The van der Waals surface area contributed by atoms with E-state index < -0.39 is 51.9 Å². The Morgan fingerprint density at radius 3 is 2.36 bits per heavy atom. The van der Waals surface area contributed by atoms with Gasteiger partial charge in [0, 0.05) is 33.8 Å². The van der Waals surface area contributed by atoms with Gasteiger partial charge in [-0.25, -0.2) is 4.39 Å². The van der Waals surface area contributed by atoms with E-state index in [2.05, 4.69) is 10.6 Å². The van der Waals surface area contributed by atoms with Crippen LogP contribution in [0.1, 0.15) is 66.9 Å². The lowest BCUT2D eigenvalue weighted by atomic mass is 9.95. The summed E-state index contributed by atoms with van der Waals surface area (Å²) < 4.78 is 32.1. The third kappa shape index (κ3) is 8.22.